The summed E-state index contributed by atoms with van der Waals surface area (Å²) in [6.45, 7) is 8.44. The molecule has 3 aliphatic rings. The van der Waals surface area contributed by atoms with Crippen LogP contribution in [0.25, 0.3) is 0 Å². The maximum atomic E-state index is 13.3. The Kier molecular flexibility index (Phi) is 5.37. The Morgan fingerprint density at radius 3 is 1.87 bits per heavy atom. The summed E-state index contributed by atoms with van der Waals surface area (Å²) in [5, 5.41) is 0. The van der Waals surface area contributed by atoms with Crippen molar-refractivity contribution >= 4 is 0 Å². The molecular formula is C17H29F4NO. The van der Waals surface area contributed by atoms with Crippen LogP contribution in [0.1, 0.15) is 52.9 Å². The molecule has 2 aliphatic carbocycles. The number of alkyl halides is 4. The van der Waals surface area contributed by atoms with Crippen molar-refractivity contribution in [3.63, 3.8) is 0 Å². The molecule has 1 heterocycles. The first-order valence-electron chi connectivity index (χ1n) is 8.77. The average Bonchev–Trinajstić information content (AvgIpc) is 3.00. The molecule has 6 heteroatoms. The molecule has 2 nitrogen and oxygen atoms in total. The number of halogens is 4. The van der Waals surface area contributed by atoms with Crippen LogP contribution in [0.5, 0.6) is 0 Å². The lowest BCUT2D eigenvalue weighted by atomic mass is 9.66. The lowest BCUT2D eigenvalue weighted by Gasteiger charge is -2.50. The Morgan fingerprint density at radius 2 is 1.48 bits per heavy atom. The van der Waals surface area contributed by atoms with E-state index in [9.17, 15) is 17.6 Å². The number of rotatable bonds is 5. The SMILES string of the molecule is CC.CCOCC1(CN2CCC3(CC2)CC3(F)F)CC(F)(F)C1. The van der Waals surface area contributed by atoms with Gasteiger partial charge in [0.25, 0.3) is 5.92 Å². The van der Waals surface area contributed by atoms with Crippen LogP contribution in [0.3, 0.4) is 0 Å². The predicted octanol–water partition coefficient (Wildman–Crippen LogP) is 4.59. The van der Waals surface area contributed by atoms with Crippen molar-refractivity contribution in [2.75, 3.05) is 32.8 Å². The number of likely N-dealkylation sites (tertiary alicyclic amines) is 1. The lowest BCUT2D eigenvalue weighted by molar-refractivity contribution is -0.191. The van der Waals surface area contributed by atoms with E-state index in [1.807, 2.05) is 20.8 Å². The van der Waals surface area contributed by atoms with Crippen molar-refractivity contribution in [1.29, 1.82) is 0 Å². The van der Waals surface area contributed by atoms with Gasteiger partial charge in [-0.15, -0.1) is 0 Å². The van der Waals surface area contributed by atoms with Crippen LogP contribution in [0.2, 0.25) is 0 Å². The minimum absolute atomic E-state index is 0.00992. The average molecular weight is 339 g/mol. The summed E-state index contributed by atoms with van der Waals surface area (Å²) in [6.07, 6.45) is 0.702. The Labute approximate surface area is 136 Å². The molecule has 3 rings (SSSR count). The summed E-state index contributed by atoms with van der Waals surface area (Å²) in [4.78, 5) is 2.08. The van der Waals surface area contributed by atoms with Gasteiger partial charge in [-0.05, 0) is 32.9 Å². The summed E-state index contributed by atoms with van der Waals surface area (Å²) in [5.41, 5.74) is -1.27. The highest BCUT2D eigenvalue weighted by Gasteiger charge is 2.70. The minimum Gasteiger partial charge on any atom is -0.381 e. The molecule has 3 fully saturated rings. The van der Waals surface area contributed by atoms with Gasteiger partial charge in [-0.25, -0.2) is 17.6 Å². The van der Waals surface area contributed by atoms with Crippen molar-refractivity contribution in [3.8, 4) is 0 Å². The molecule has 0 radical (unpaired) electrons. The van der Waals surface area contributed by atoms with E-state index in [0.717, 1.165) is 0 Å². The third-order valence-electron chi connectivity index (χ3n) is 5.46. The largest absolute Gasteiger partial charge is 0.381 e. The normalized spacial score (nSPS) is 29.3. The van der Waals surface area contributed by atoms with E-state index < -0.39 is 22.7 Å². The van der Waals surface area contributed by atoms with Crippen LogP contribution < -0.4 is 0 Å². The van der Waals surface area contributed by atoms with E-state index in [1.54, 1.807) is 0 Å². The summed E-state index contributed by atoms with van der Waals surface area (Å²) in [6, 6.07) is 0. The standard InChI is InChI=1S/C15H23F4NO.C2H6/c1-2-21-11-12(7-14(16,17)8-12)10-20-5-3-13(4-6-20)9-15(13,18)19;1-2/h2-11H2,1H3;1-2H3. The molecule has 0 N–H and O–H groups in total. The molecule has 1 saturated heterocycles. The summed E-state index contributed by atoms with van der Waals surface area (Å²) < 4.78 is 58.6. The molecule has 0 aromatic carbocycles. The number of hydrogen-bond acceptors (Lipinski definition) is 2. The Bertz CT molecular complexity index is 397. The molecule has 136 valence electrons. The van der Waals surface area contributed by atoms with Gasteiger partial charge in [-0.1, -0.05) is 13.8 Å². The molecule has 0 aromatic heterocycles. The first-order chi connectivity index (χ1) is 10.7. The number of piperidine rings is 1. The third-order valence-corrected chi connectivity index (χ3v) is 5.46. The lowest BCUT2D eigenvalue weighted by Crippen LogP contribution is -2.56. The summed E-state index contributed by atoms with van der Waals surface area (Å²) >= 11 is 0. The van der Waals surface area contributed by atoms with Gasteiger partial charge in [-0.2, -0.15) is 0 Å². The van der Waals surface area contributed by atoms with Gasteiger partial charge in [0.1, 0.15) is 0 Å². The van der Waals surface area contributed by atoms with E-state index in [1.165, 1.54) is 0 Å². The zero-order valence-corrected chi connectivity index (χ0v) is 14.4. The van der Waals surface area contributed by atoms with Crippen LogP contribution in [0.15, 0.2) is 0 Å². The summed E-state index contributed by atoms with van der Waals surface area (Å²) in [5.74, 6) is -5.08. The monoisotopic (exact) mass is 339 g/mol. The number of nitrogens with zero attached hydrogens (tertiary/aromatic N) is 1. The van der Waals surface area contributed by atoms with Gasteiger partial charge in [0.2, 0.25) is 5.92 Å². The van der Waals surface area contributed by atoms with E-state index in [0.29, 0.717) is 45.7 Å². The molecule has 23 heavy (non-hydrogen) atoms. The van der Waals surface area contributed by atoms with E-state index in [2.05, 4.69) is 4.90 Å². The maximum absolute atomic E-state index is 13.3. The van der Waals surface area contributed by atoms with Crippen molar-refractivity contribution < 1.29 is 22.3 Å². The van der Waals surface area contributed by atoms with Crippen LogP contribution in [0.4, 0.5) is 17.6 Å². The van der Waals surface area contributed by atoms with Crippen LogP contribution >= 0.6 is 0 Å². The van der Waals surface area contributed by atoms with E-state index in [4.69, 9.17) is 4.74 Å². The molecule has 0 atom stereocenters. The first kappa shape index (κ1) is 19.0. The van der Waals surface area contributed by atoms with Gasteiger partial charge < -0.3 is 9.64 Å². The molecule has 0 amide bonds. The Hall–Kier alpha value is -0.360. The van der Waals surface area contributed by atoms with E-state index >= 15 is 0 Å². The second-order valence-electron chi connectivity index (χ2n) is 7.28. The van der Waals surface area contributed by atoms with Gasteiger partial charge in [0.15, 0.2) is 0 Å². The molecule has 0 aromatic rings. The molecule has 2 saturated carbocycles. The van der Waals surface area contributed by atoms with Gasteiger partial charge in [0, 0.05) is 43.2 Å². The molecule has 0 unspecified atom stereocenters. The first-order valence-corrected chi connectivity index (χ1v) is 8.77. The zero-order chi connectivity index (χ0) is 17.4. The van der Waals surface area contributed by atoms with Crippen molar-refractivity contribution in [1.82, 2.24) is 4.90 Å². The zero-order valence-electron chi connectivity index (χ0n) is 14.4. The molecule has 1 aliphatic heterocycles. The highest BCUT2D eigenvalue weighted by molar-refractivity contribution is 5.12. The van der Waals surface area contributed by atoms with Crippen LogP contribution in [-0.4, -0.2) is 49.6 Å². The predicted molar refractivity (Wildman–Crippen MR) is 82.1 cm³/mol. The third kappa shape index (κ3) is 3.84. The van der Waals surface area contributed by atoms with Crippen molar-refractivity contribution in [2.24, 2.45) is 10.8 Å². The Morgan fingerprint density at radius 1 is 0.957 bits per heavy atom. The van der Waals surface area contributed by atoms with Crippen molar-refractivity contribution in [3.05, 3.63) is 0 Å². The fourth-order valence-electron chi connectivity index (χ4n) is 4.16. The van der Waals surface area contributed by atoms with Crippen LogP contribution in [0, 0.1) is 10.8 Å². The van der Waals surface area contributed by atoms with Gasteiger partial charge in [0.05, 0.1) is 6.61 Å². The maximum Gasteiger partial charge on any atom is 0.254 e. The fourth-order valence-corrected chi connectivity index (χ4v) is 4.16. The van der Waals surface area contributed by atoms with Crippen LogP contribution in [-0.2, 0) is 4.74 Å². The topological polar surface area (TPSA) is 12.5 Å². The second-order valence-corrected chi connectivity index (χ2v) is 7.28. The Balaban J connectivity index is 0.000000924. The molecular weight excluding hydrogens is 310 g/mol. The number of hydrogen-bond donors (Lipinski definition) is 0. The molecule has 0 bridgehead atoms. The van der Waals surface area contributed by atoms with Gasteiger partial charge in [-0.3, -0.25) is 0 Å². The molecule has 1 spiro atoms. The highest BCUT2D eigenvalue weighted by atomic mass is 19.3. The second kappa shape index (κ2) is 6.51. The quantitative estimate of drug-likeness (QED) is 0.680. The highest BCUT2D eigenvalue weighted by Crippen LogP contribution is 2.66. The minimum atomic E-state index is -2.59. The van der Waals surface area contributed by atoms with E-state index in [-0.39, 0.29) is 19.3 Å². The fraction of sp³-hybridized carbons (Fsp3) is 1.00. The smallest absolute Gasteiger partial charge is 0.254 e. The number of ether oxygens (including phenoxy) is 1. The summed E-state index contributed by atoms with van der Waals surface area (Å²) in [7, 11) is 0. The van der Waals surface area contributed by atoms with Gasteiger partial charge >= 0.3 is 0 Å². The van der Waals surface area contributed by atoms with Crippen molar-refractivity contribution in [2.45, 2.75) is 64.7 Å².